The summed E-state index contributed by atoms with van der Waals surface area (Å²) in [5.74, 6) is 0. The van der Waals surface area contributed by atoms with E-state index in [1.165, 1.54) is 0 Å². The zero-order valence-corrected chi connectivity index (χ0v) is 9.05. The van der Waals surface area contributed by atoms with Crippen LogP contribution in [-0.4, -0.2) is 40.4 Å². The molecule has 24 valence electrons. The van der Waals surface area contributed by atoms with Gasteiger partial charge in [0.1, 0.15) is 0 Å². The van der Waals surface area contributed by atoms with Crippen LogP contribution in [0.5, 0.6) is 0 Å². The topological polar surface area (TPSA) is 0 Å². The van der Waals surface area contributed by atoms with Crippen molar-refractivity contribution in [1.82, 2.24) is 0 Å². The summed E-state index contributed by atoms with van der Waals surface area (Å²) in [7, 11) is 0. The van der Waals surface area contributed by atoms with Crippen LogP contribution in [0, 0.1) is 0 Å². The van der Waals surface area contributed by atoms with Crippen LogP contribution in [0.25, 0.3) is 0 Å². The van der Waals surface area contributed by atoms with Gasteiger partial charge in [0.25, 0.3) is 0 Å². The van der Waals surface area contributed by atoms with Gasteiger partial charge in [-0.05, 0) is 0 Å². The Morgan fingerprint density at radius 1 is 1.20 bits per heavy atom. The molecule has 0 aromatic heterocycles. The summed E-state index contributed by atoms with van der Waals surface area (Å²) in [5.41, 5.74) is 0. The van der Waals surface area contributed by atoms with Crippen molar-refractivity contribution in [3.05, 3.63) is 0 Å². The third-order valence-corrected chi connectivity index (χ3v) is 0. The Morgan fingerprint density at radius 2 is 1.20 bits per heavy atom. The second kappa shape index (κ2) is 26.6. The Morgan fingerprint density at radius 3 is 1.20 bits per heavy atom. The molecule has 0 spiro atoms. The molecule has 0 saturated carbocycles. The molecule has 0 aliphatic heterocycles. The van der Waals surface area contributed by atoms with Crippen LogP contribution in [0.1, 0.15) is 4.28 Å². The molecule has 0 nitrogen and oxygen atoms in total. The largest absolute Gasteiger partial charge is 2.00 e. The van der Waals surface area contributed by atoms with Crippen LogP contribution in [0.2, 0.25) is 0 Å². The van der Waals surface area contributed by atoms with E-state index in [2.05, 4.69) is 0 Å². The molecule has 5 heteroatoms. The van der Waals surface area contributed by atoms with Crippen molar-refractivity contribution in [1.29, 1.82) is 0 Å². The molecule has 0 aromatic rings. The van der Waals surface area contributed by atoms with Gasteiger partial charge in [0.05, 0.1) is 0 Å². The summed E-state index contributed by atoms with van der Waals surface area (Å²) in [5, 5.41) is 0. The van der Waals surface area contributed by atoms with Crippen molar-refractivity contribution in [2.75, 3.05) is 0 Å². The standard InChI is InChI=1S/Al.Cu.Li.Mg.Zr.3H/q;;+1;+2;;3*-1. The molecule has 0 aliphatic carbocycles. The van der Waals surface area contributed by atoms with Gasteiger partial charge in [0.15, 0.2) is 0 Å². The molecule has 5 heavy (non-hydrogen) atoms. The van der Waals surface area contributed by atoms with Crippen molar-refractivity contribution in [3.8, 4) is 0 Å². The van der Waals surface area contributed by atoms with Gasteiger partial charge in [-0.2, -0.15) is 0 Å². The van der Waals surface area contributed by atoms with Crippen molar-refractivity contribution in [2.45, 2.75) is 0 Å². The monoisotopic (exact) mass is 214 g/mol. The van der Waals surface area contributed by atoms with Gasteiger partial charge in [-0.1, -0.05) is 0 Å². The molecule has 0 N–H and O–H groups in total. The zero-order chi connectivity index (χ0) is 0. The zero-order valence-electron chi connectivity index (χ0n) is 6.09. The average molecular weight is 216 g/mol. The molecule has 0 atom stereocenters. The Kier molecular flexibility index (Phi) is 216. The third kappa shape index (κ3) is 18.8. The maximum absolute atomic E-state index is 0. The van der Waals surface area contributed by atoms with Gasteiger partial charge in [0.2, 0.25) is 0 Å². The second-order valence-corrected chi connectivity index (χ2v) is 0. The van der Waals surface area contributed by atoms with Crippen LogP contribution >= 0.6 is 0 Å². The molecule has 0 fully saturated rings. The predicted octanol–water partition coefficient (Wildman–Crippen LogP) is -3.43. The van der Waals surface area contributed by atoms with Crippen molar-refractivity contribution in [2.24, 2.45) is 0 Å². The second-order valence-electron chi connectivity index (χ2n) is 0. The fourth-order valence-corrected chi connectivity index (χ4v) is 0. The molecule has 0 rings (SSSR count). The van der Waals surface area contributed by atoms with Crippen LogP contribution in [0.3, 0.4) is 0 Å². The molecule has 0 amide bonds. The molecule has 0 heterocycles. The van der Waals surface area contributed by atoms with Crippen LogP contribution < -0.4 is 18.9 Å². The Labute approximate surface area is 105 Å². The summed E-state index contributed by atoms with van der Waals surface area (Å²) in [4.78, 5) is 0. The average Bonchev–Trinajstić information content (AvgIpc) is 0. The van der Waals surface area contributed by atoms with Crippen molar-refractivity contribution >= 4 is 40.4 Å². The van der Waals surface area contributed by atoms with E-state index >= 15 is 0 Å². The first kappa shape index (κ1) is 40.6. The molecule has 0 bridgehead atoms. The summed E-state index contributed by atoms with van der Waals surface area (Å²) in [6.45, 7) is 0. The van der Waals surface area contributed by atoms with Crippen molar-refractivity contribution < 1.29 is 66.4 Å². The third-order valence-electron chi connectivity index (χ3n) is 0. The minimum atomic E-state index is 0. The van der Waals surface area contributed by atoms with Crippen LogP contribution in [0.4, 0.5) is 0 Å². The number of hydrogen-bond donors (Lipinski definition) is 0. The fraction of sp³-hybridized carbons (Fsp3) is 0. The SMILES string of the molecule is [Al].[Cu].[H-].[H-].[H-].[Li+].[Mg+2].[Zr]. The summed E-state index contributed by atoms with van der Waals surface area (Å²) in [6, 6.07) is 0. The quantitative estimate of drug-likeness (QED) is 0.370. The first-order chi connectivity index (χ1) is 0. The molecular formula is H3AlCuLiMgZr. The smallest absolute Gasteiger partial charge is 1.00 e. The van der Waals surface area contributed by atoms with Crippen LogP contribution in [-0.2, 0) is 43.3 Å². The summed E-state index contributed by atoms with van der Waals surface area (Å²) < 4.78 is 0. The van der Waals surface area contributed by atoms with E-state index < -0.39 is 0 Å². The Hall–Kier alpha value is 3.30. The fourth-order valence-electron chi connectivity index (χ4n) is 0. The van der Waals surface area contributed by atoms with Gasteiger partial charge in [-0.15, -0.1) is 0 Å². The number of hydrogen-bond acceptors (Lipinski definition) is 0. The first-order valence-corrected chi connectivity index (χ1v) is 0. The van der Waals surface area contributed by atoms with E-state index in [1.54, 1.807) is 0 Å². The molecular weight excluding hydrogens is 213 g/mol. The predicted molar refractivity (Wildman–Crippen MR) is 14.8 cm³/mol. The Bertz CT molecular complexity index is 19.2. The number of rotatable bonds is 0. The normalized spacial score (nSPS) is 0. The van der Waals surface area contributed by atoms with Crippen molar-refractivity contribution in [3.63, 3.8) is 0 Å². The molecule has 4 radical (unpaired) electrons. The van der Waals surface area contributed by atoms with E-state index in [0.29, 0.717) is 0 Å². The summed E-state index contributed by atoms with van der Waals surface area (Å²) >= 11 is 0. The van der Waals surface area contributed by atoms with Crippen LogP contribution in [0.15, 0.2) is 0 Å². The van der Waals surface area contributed by atoms with Gasteiger partial charge in [0, 0.05) is 60.6 Å². The summed E-state index contributed by atoms with van der Waals surface area (Å²) in [6.07, 6.45) is 0. The van der Waals surface area contributed by atoms with Gasteiger partial charge in [-0.25, -0.2) is 0 Å². The molecule has 0 saturated heterocycles. The van der Waals surface area contributed by atoms with E-state index in [1.807, 2.05) is 0 Å². The minimum absolute atomic E-state index is 0. The Balaban J connectivity index is 0. The van der Waals surface area contributed by atoms with E-state index in [-0.39, 0.29) is 107 Å². The van der Waals surface area contributed by atoms with Gasteiger partial charge >= 0.3 is 41.9 Å². The van der Waals surface area contributed by atoms with Gasteiger partial charge in [-0.3, -0.25) is 0 Å². The maximum atomic E-state index is 0. The first-order valence-electron chi connectivity index (χ1n) is 0. The molecule has 0 unspecified atom stereocenters. The van der Waals surface area contributed by atoms with E-state index in [0.717, 1.165) is 0 Å². The molecule has 0 aromatic carbocycles. The molecule has 0 aliphatic rings. The minimum Gasteiger partial charge on any atom is -1.00 e. The van der Waals surface area contributed by atoms with E-state index in [4.69, 9.17) is 0 Å². The maximum Gasteiger partial charge on any atom is 2.00 e. The van der Waals surface area contributed by atoms with Gasteiger partial charge < -0.3 is 4.28 Å². The van der Waals surface area contributed by atoms with E-state index in [9.17, 15) is 0 Å².